The summed E-state index contributed by atoms with van der Waals surface area (Å²) in [7, 11) is -5.80. The monoisotopic (exact) mass is 274 g/mol. The van der Waals surface area contributed by atoms with E-state index in [0.29, 0.717) is 0 Å². The number of carbonyl (C=O) groups excluding carboxylic acids is 1. The fourth-order valence-electron chi connectivity index (χ4n) is 1.27. The van der Waals surface area contributed by atoms with Crippen LogP contribution in [-0.2, 0) is 23.8 Å². The van der Waals surface area contributed by atoms with E-state index in [-0.39, 0.29) is 13.0 Å². The molecule has 1 aliphatic heterocycles. The van der Waals surface area contributed by atoms with E-state index in [9.17, 15) is 26.4 Å². The van der Waals surface area contributed by atoms with Gasteiger partial charge >= 0.3 is 21.6 Å². The lowest BCUT2D eigenvalue weighted by Gasteiger charge is -2.15. The Kier molecular flexibility index (Phi) is 3.82. The molecule has 9 heteroatoms. The van der Waals surface area contributed by atoms with Gasteiger partial charge in [0.25, 0.3) is 0 Å². The number of hydrogen-bond acceptors (Lipinski definition) is 5. The predicted octanol–water partition coefficient (Wildman–Crippen LogP) is 0.970. The Labute approximate surface area is 95.3 Å². The highest BCUT2D eigenvalue weighted by molar-refractivity contribution is 7.87. The van der Waals surface area contributed by atoms with E-state index in [0.717, 1.165) is 0 Å². The Hall–Kier alpha value is -1.09. The van der Waals surface area contributed by atoms with Gasteiger partial charge in [0, 0.05) is 5.92 Å². The van der Waals surface area contributed by atoms with Gasteiger partial charge in [-0.2, -0.15) is 21.6 Å². The third-order valence-electron chi connectivity index (χ3n) is 2.08. The van der Waals surface area contributed by atoms with Gasteiger partial charge in [-0.3, -0.25) is 0 Å². The highest BCUT2D eigenvalue weighted by Crippen LogP contribution is 2.30. The topological polar surface area (TPSA) is 69.7 Å². The van der Waals surface area contributed by atoms with Crippen molar-refractivity contribution >= 4 is 16.1 Å². The zero-order valence-corrected chi connectivity index (χ0v) is 9.25. The van der Waals surface area contributed by atoms with Crippen LogP contribution in [0.1, 0.15) is 6.42 Å². The molecule has 17 heavy (non-hydrogen) atoms. The Balaban J connectivity index is 2.86. The quantitative estimate of drug-likeness (QED) is 0.331. The van der Waals surface area contributed by atoms with Crippen LogP contribution in [0.5, 0.6) is 0 Å². The fraction of sp³-hybridized carbons (Fsp3) is 0.625. The van der Waals surface area contributed by atoms with Gasteiger partial charge in [0.1, 0.15) is 0 Å². The highest BCUT2D eigenvalue weighted by Gasteiger charge is 2.52. The molecule has 1 aliphatic rings. The molecular weight excluding hydrogens is 265 g/mol. The van der Waals surface area contributed by atoms with Crippen molar-refractivity contribution in [1.29, 1.82) is 0 Å². The Bertz CT molecular complexity index is 413. The van der Waals surface area contributed by atoms with Crippen molar-refractivity contribution in [1.82, 2.24) is 0 Å². The van der Waals surface area contributed by atoms with E-state index in [2.05, 4.69) is 15.5 Å². The minimum absolute atomic E-state index is 0.115. The van der Waals surface area contributed by atoms with Crippen LogP contribution in [0.3, 0.4) is 0 Å². The molecule has 1 rings (SSSR count). The summed E-state index contributed by atoms with van der Waals surface area (Å²) in [5, 5.41) is 0. The van der Waals surface area contributed by atoms with Crippen molar-refractivity contribution in [3.8, 4) is 0 Å². The molecular formula is C8H9F3O5S. The predicted molar refractivity (Wildman–Crippen MR) is 49.1 cm³/mol. The number of alkyl halides is 3. The standard InChI is InChI=1S/C8H9F3O5S/c1-2-3-5-4-15-7(12)6(5)16-17(13,14)8(9,10)11/h2,5-6H,1,3-4H2/t5-,6+/m0/s1. The second-order valence-corrected chi connectivity index (χ2v) is 4.89. The first-order valence-electron chi connectivity index (χ1n) is 4.46. The molecule has 1 fully saturated rings. The first-order chi connectivity index (χ1) is 7.69. The largest absolute Gasteiger partial charge is 0.523 e. The third-order valence-corrected chi connectivity index (χ3v) is 3.11. The van der Waals surface area contributed by atoms with E-state index in [1.165, 1.54) is 6.08 Å². The molecule has 1 saturated heterocycles. The number of esters is 1. The normalized spacial score (nSPS) is 25.7. The average molecular weight is 274 g/mol. The summed E-state index contributed by atoms with van der Waals surface area (Å²) >= 11 is 0. The molecule has 0 N–H and O–H groups in total. The number of allylic oxidation sites excluding steroid dienone is 1. The van der Waals surface area contributed by atoms with Crippen molar-refractivity contribution in [2.75, 3.05) is 6.61 Å². The number of carbonyl (C=O) groups is 1. The van der Waals surface area contributed by atoms with Crippen LogP contribution in [0.15, 0.2) is 12.7 Å². The zero-order chi connectivity index (χ0) is 13.3. The second kappa shape index (κ2) is 4.65. The molecule has 0 amide bonds. The number of halogens is 3. The third kappa shape index (κ3) is 2.97. The molecule has 2 atom stereocenters. The van der Waals surface area contributed by atoms with Crippen molar-refractivity contribution < 1.29 is 35.3 Å². The first kappa shape index (κ1) is 14.0. The van der Waals surface area contributed by atoms with Crippen molar-refractivity contribution in [2.45, 2.75) is 18.0 Å². The van der Waals surface area contributed by atoms with Gasteiger partial charge < -0.3 is 4.74 Å². The van der Waals surface area contributed by atoms with E-state index >= 15 is 0 Å². The molecule has 0 aromatic rings. The first-order valence-corrected chi connectivity index (χ1v) is 5.87. The molecule has 0 spiro atoms. The van der Waals surface area contributed by atoms with E-state index in [4.69, 9.17) is 0 Å². The van der Waals surface area contributed by atoms with Gasteiger partial charge in [0.2, 0.25) is 0 Å². The summed E-state index contributed by atoms with van der Waals surface area (Å²) in [6.45, 7) is 3.14. The Morgan fingerprint density at radius 2 is 2.12 bits per heavy atom. The average Bonchev–Trinajstić information content (AvgIpc) is 2.48. The van der Waals surface area contributed by atoms with Crippen LogP contribution in [0.4, 0.5) is 13.2 Å². The van der Waals surface area contributed by atoms with Gasteiger partial charge in [-0.05, 0) is 6.42 Å². The molecule has 0 aromatic carbocycles. The van der Waals surface area contributed by atoms with Crippen LogP contribution >= 0.6 is 0 Å². The van der Waals surface area contributed by atoms with Gasteiger partial charge in [-0.1, -0.05) is 6.08 Å². The lowest BCUT2D eigenvalue weighted by Crippen LogP contribution is -2.35. The van der Waals surface area contributed by atoms with Gasteiger partial charge in [0.15, 0.2) is 6.10 Å². The van der Waals surface area contributed by atoms with Crippen LogP contribution < -0.4 is 0 Å². The van der Waals surface area contributed by atoms with Gasteiger partial charge in [-0.25, -0.2) is 8.98 Å². The number of rotatable bonds is 4. The SMILES string of the molecule is C=CC[C@H]1COC(=O)[C@@H]1OS(=O)(=O)C(F)(F)F. The zero-order valence-electron chi connectivity index (χ0n) is 8.44. The molecule has 0 saturated carbocycles. The maximum atomic E-state index is 12.0. The lowest BCUT2D eigenvalue weighted by molar-refractivity contribution is -0.144. The minimum atomic E-state index is -5.80. The molecule has 1 heterocycles. The van der Waals surface area contributed by atoms with Crippen molar-refractivity contribution in [3.05, 3.63) is 12.7 Å². The number of hydrogen-bond donors (Lipinski definition) is 0. The van der Waals surface area contributed by atoms with E-state index in [1.54, 1.807) is 0 Å². The number of ether oxygens (including phenoxy) is 1. The fourth-order valence-corrected chi connectivity index (χ4v) is 1.88. The summed E-state index contributed by atoms with van der Waals surface area (Å²) in [6, 6.07) is 0. The molecule has 0 aromatic heterocycles. The smallest absolute Gasteiger partial charge is 0.463 e. The van der Waals surface area contributed by atoms with Gasteiger partial charge in [0.05, 0.1) is 6.61 Å². The van der Waals surface area contributed by atoms with Crippen LogP contribution in [0.2, 0.25) is 0 Å². The summed E-state index contributed by atoms with van der Waals surface area (Å²) < 4.78 is 65.9. The van der Waals surface area contributed by atoms with E-state index in [1.807, 2.05) is 0 Å². The maximum absolute atomic E-state index is 12.0. The van der Waals surface area contributed by atoms with Crippen molar-refractivity contribution in [3.63, 3.8) is 0 Å². The van der Waals surface area contributed by atoms with E-state index < -0.39 is 33.6 Å². The molecule has 0 aliphatic carbocycles. The molecule has 0 bridgehead atoms. The van der Waals surface area contributed by atoms with Crippen molar-refractivity contribution in [2.24, 2.45) is 5.92 Å². The molecule has 98 valence electrons. The van der Waals surface area contributed by atoms with Crippen LogP contribution in [0.25, 0.3) is 0 Å². The lowest BCUT2D eigenvalue weighted by atomic mass is 10.0. The van der Waals surface area contributed by atoms with Gasteiger partial charge in [-0.15, -0.1) is 6.58 Å². The second-order valence-electron chi connectivity index (χ2n) is 3.33. The Morgan fingerprint density at radius 1 is 1.53 bits per heavy atom. The van der Waals surface area contributed by atoms with Crippen LogP contribution in [0, 0.1) is 5.92 Å². The highest BCUT2D eigenvalue weighted by atomic mass is 32.2. The minimum Gasteiger partial charge on any atom is -0.463 e. The molecule has 0 radical (unpaired) electrons. The summed E-state index contributed by atoms with van der Waals surface area (Å²) in [5.41, 5.74) is -5.56. The summed E-state index contributed by atoms with van der Waals surface area (Å²) in [6.07, 6.45) is -0.313. The number of cyclic esters (lactones) is 1. The molecule has 5 nitrogen and oxygen atoms in total. The summed E-state index contributed by atoms with van der Waals surface area (Å²) in [5.74, 6) is -1.90. The summed E-state index contributed by atoms with van der Waals surface area (Å²) in [4.78, 5) is 11.1. The molecule has 0 unspecified atom stereocenters. The maximum Gasteiger partial charge on any atom is 0.523 e. The van der Waals surface area contributed by atoms with Crippen LogP contribution in [-0.4, -0.2) is 32.6 Å². The Morgan fingerprint density at radius 3 is 2.59 bits per heavy atom.